The first kappa shape index (κ1) is 15.0. The number of nitrogens with one attached hydrogen (secondary N) is 1. The number of methoxy groups -OCH3 is 1. The largest absolute Gasteiger partial charge is 0.495 e. The summed E-state index contributed by atoms with van der Waals surface area (Å²) in [4.78, 5) is 24.6. The molecule has 0 unspecified atom stereocenters. The molecule has 2 amide bonds. The number of thioether (sulfide) groups is 1. The minimum absolute atomic E-state index is 0.360. The molecule has 1 aromatic rings. The number of carbonyl (C=O) groups excluding carboxylic acids is 1. The van der Waals surface area contributed by atoms with E-state index in [0.29, 0.717) is 23.1 Å². The first-order valence-corrected chi connectivity index (χ1v) is 7.69. The number of hydrogen-bond donors (Lipinski definition) is 2. The normalized spacial score (nSPS) is 17.9. The van der Waals surface area contributed by atoms with Crippen molar-refractivity contribution in [2.24, 2.45) is 0 Å². The second-order valence-electron chi connectivity index (χ2n) is 4.10. The molecule has 0 bridgehead atoms. The van der Waals surface area contributed by atoms with Crippen LogP contribution >= 0.6 is 27.7 Å². The monoisotopic (exact) mass is 360 g/mol. The lowest BCUT2D eigenvalue weighted by Gasteiger charge is -2.21. The quantitative estimate of drug-likeness (QED) is 0.865. The van der Waals surface area contributed by atoms with Gasteiger partial charge in [0.1, 0.15) is 11.8 Å². The third-order valence-electron chi connectivity index (χ3n) is 2.83. The third-order valence-corrected chi connectivity index (χ3v) is 4.34. The van der Waals surface area contributed by atoms with Crippen LogP contribution in [0.4, 0.5) is 10.5 Å². The van der Waals surface area contributed by atoms with Crippen molar-refractivity contribution in [1.29, 1.82) is 0 Å². The molecule has 1 heterocycles. The molecule has 108 valence electrons. The molecule has 1 aliphatic heterocycles. The summed E-state index contributed by atoms with van der Waals surface area (Å²) in [5.41, 5.74) is 0.493. The molecule has 1 aliphatic rings. The Balaban J connectivity index is 2.15. The van der Waals surface area contributed by atoms with Crippen molar-refractivity contribution in [2.75, 3.05) is 24.1 Å². The van der Waals surface area contributed by atoms with Crippen LogP contribution in [0.25, 0.3) is 0 Å². The van der Waals surface area contributed by atoms with Gasteiger partial charge in [0.05, 0.1) is 18.7 Å². The van der Waals surface area contributed by atoms with Gasteiger partial charge < -0.3 is 20.1 Å². The summed E-state index contributed by atoms with van der Waals surface area (Å²) in [6, 6.07) is 3.97. The summed E-state index contributed by atoms with van der Waals surface area (Å²) in [5, 5.41) is 11.8. The zero-order valence-electron chi connectivity index (χ0n) is 10.6. The summed E-state index contributed by atoms with van der Waals surface area (Å²) in [6.45, 7) is 0. The van der Waals surface area contributed by atoms with E-state index in [1.165, 1.54) is 23.8 Å². The average molecular weight is 361 g/mol. The SMILES string of the molecule is COc1ccc(Br)cc1NC(=O)N1CSC[C@H]1C(=O)O. The predicted octanol–water partition coefficient (Wildman–Crippen LogP) is 2.45. The highest BCUT2D eigenvalue weighted by molar-refractivity contribution is 9.10. The first-order valence-electron chi connectivity index (χ1n) is 5.74. The fraction of sp³-hybridized carbons (Fsp3) is 0.333. The Bertz CT molecular complexity index is 540. The Morgan fingerprint density at radius 2 is 2.30 bits per heavy atom. The number of carboxylic acids is 1. The maximum Gasteiger partial charge on any atom is 0.327 e. The molecule has 1 aromatic carbocycles. The molecule has 0 radical (unpaired) electrons. The molecule has 0 aliphatic carbocycles. The fourth-order valence-electron chi connectivity index (χ4n) is 1.81. The summed E-state index contributed by atoms with van der Waals surface area (Å²) in [5.74, 6) is 0.281. The van der Waals surface area contributed by atoms with Gasteiger partial charge >= 0.3 is 12.0 Å². The summed E-state index contributed by atoms with van der Waals surface area (Å²) in [6.07, 6.45) is 0. The Morgan fingerprint density at radius 1 is 1.55 bits per heavy atom. The van der Waals surface area contributed by atoms with E-state index >= 15 is 0 Å². The van der Waals surface area contributed by atoms with Crippen molar-refractivity contribution in [1.82, 2.24) is 4.90 Å². The van der Waals surface area contributed by atoms with E-state index in [-0.39, 0.29) is 0 Å². The zero-order valence-corrected chi connectivity index (χ0v) is 13.0. The van der Waals surface area contributed by atoms with Crippen molar-refractivity contribution in [3.63, 3.8) is 0 Å². The number of rotatable bonds is 3. The lowest BCUT2D eigenvalue weighted by atomic mass is 10.3. The first-order chi connectivity index (χ1) is 9.52. The Kier molecular flexibility index (Phi) is 4.77. The van der Waals surface area contributed by atoms with Crippen LogP contribution in [-0.4, -0.2) is 46.8 Å². The highest BCUT2D eigenvalue weighted by atomic mass is 79.9. The number of ether oxygens (including phenoxy) is 1. The molecular formula is C12H13BrN2O4S. The summed E-state index contributed by atoms with van der Waals surface area (Å²) in [7, 11) is 1.50. The highest BCUT2D eigenvalue weighted by Crippen LogP contribution is 2.29. The number of benzene rings is 1. The van der Waals surface area contributed by atoms with E-state index in [1.807, 2.05) is 0 Å². The van der Waals surface area contributed by atoms with Crippen LogP contribution in [0.5, 0.6) is 5.75 Å². The van der Waals surface area contributed by atoms with Gasteiger partial charge in [0, 0.05) is 10.2 Å². The van der Waals surface area contributed by atoms with Crippen LogP contribution in [0.2, 0.25) is 0 Å². The van der Waals surface area contributed by atoms with Gasteiger partial charge in [-0.2, -0.15) is 0 Å². The highest BCUT2D eigenvalue weighted by Gasteiger charge is 2.34. The van der Waals surface area contributed by atoms with Crippen molar-refractivity contribution in [2.45, 2.75) is 6.04 Å². The molecule has 2 N–H and O–H groups in total. The molecular weight excluding hydrogens is 348 g/mol. The number of aliphatic carboxylic acids is 1. The number of anilines is 1. The number of carbonyl (C=O) groups is 2. The van der Waals surface area contributed by atoms with Crippen LogP contribution < -0.4 is 10.1 Å². The van der Waals surface area contributed by atoms with Crippen molar-refractivity contribution in [3.8, 4) is 5.75 Å². The minimum Gasteiger partial charge on any atom is -0.495 e. The molecule has 6 nitrogen and oxygen atoms in total. The zero-order chi connectivity index (χ0) is 14.7. The van der Waals surface area contributed by atoms with Crippen LogP contribution in [0.1, 0.15) is 0 Å². The molecule has 0 saturated carbocycles. The van der Waals surface area contributed by atoms with Gasteiger partial charge in [-0.05, 0) is 18.2 Å². The predicted molar refractivity (Wildman–Crippen MR) is 80.3 cm³/mol. The minimum atomic E-state index is -0.994. The van der Waals surface area contributed by atoms with Gasteiger partial charge in [-0.1, -0.05) is 15.9 Å². The van der Waals surface area contributed by atoms with E-state index in [1.54, 1.807) is 18.2 Å². The van der Waals surface area contributed by atoms with Crippen LogP contribution in [0, 0.1) is 0 Å². The van der Waals surface area contributed by atoms with E-state index in [9.17, 15) is 9.59 Å². The summed E-state index contributed by atoms with van der Waals surface area (Å²) < 4.78 is 5.95. The van der Waals surface area contributed by atoms with E-state index in [4.69, 9.17) is 9.84 Å². The number of urea groups is 1. The van der Waals surface area contributed by atoms with Gasteiger partial charge in [0.2, 0.25) is 0 Å². The van der Waals surface area contributed by atoms with E-state index < -0.39 is 18.0 Å². The van der Waals surface area contributed by atoms with Crippen molar-refractivity contribution in [3.05, 3.63) is 22.7 Å². The number of halogens is 1. The van der Waals surface area contributed by atoms with Crippen molar-refractivity contribution < 1.29 is 19.4 Å². The topological polar surface area (TPSA) is 78.9 Å². The maximum atomic E-state index is 12.2. The Hall–Kier alpha value is -1.41. The van der Waals surface area contributed by atoms with E-state index in [2.05, 4.69) is 21.2 Å². The van der Waals surface area contributed by atoms with Crippen LogP contribution in [-0.2, 0) is 4.79 Å². The summed E-state index contributed by atoms with van der Waals surface area (Å²) >= 11 is 4.73. The Labute approximate surface area is 128 Å². The van der Waals surface area contributed by atoms with Gasteiger partial charge in [-0.15, -0.1) is 11.8 Å². The molecule has 0 spiro atoms. The van der Waals surface area contributed by atoms with Gasteiger partial charge in [-0.25, -0.2) is 9.59 Å². The molecule has 0 aromatic heterocycles. The second kappa shape index (κ2) is 6.36. The van der Waals surface area contributed by atoms with Gasteiger partial charge in [0.15, 0.2) is 0 Å². The number of hydrogen-bond acceptors (Lipinski definition) is 4. The molecule has 1 fully saturated rings. The third kappa shape index (κ3) is 3.18. The molecule has 20 heavy (non-hydrogen) atoms. The smallest absolute Gasteiger partial charge is 0.327 e. The maximum absolute atomic E-state index is 12.2. The number of carboxylic acid groups (broad SMARTS) is 1. The standard InChI is InChI=1S/C12H13BrN2O4S/c1-19-10-3-2-7(13)4-8(10)14-12(18)15-6-20-5-9(15)11(16)17/h2-4,9H,5-6H2,1H3,(H,14,18)(H,16,17)/t9-/m0/s1. The number of nitrogens with zero attached hydrogens (tertiary/aromatic N) is 1. The van der Waals surface area contributed by atoms with Crippen molar-refractivity contribution >= 4 is 45.4 Å². The molecule has 2 rings (SSSR count). The van der Waals surface area contributed by atoms with Gasteiger partial charge in [-0.3, -0.25) is 0 Å². The lowest BCUT2D eigenvalue weighted by molar-refractivity contribution is -0.140. The fourth-order valence-corrected chi connectivity index (χ4v) is 3.32. The Morgan fingerprint density at radius 3 is 2.95 bits per heavy atom. The lowest BCUT2D eigenvalue weighted by Crippen LogP contribution is -2.44. The average Bonchev–Trinajstić information content (AvgIpc) is 2.88. The van der Waals surface area contributed by atoms with Crippen LogP contribution in [0.15, 0.2) is 22.7 Å². The van der Waals surface area contributed by atoms with E-state index in [0.717, 1.165) is 4.47 Å². The molecule has 1 atom stereocenters. The molecule has 1 saturated heterocycles. The van der Waals surface area contributed by atoms with Crippen LogP contribution in [0.3, 0.4) is 0 Å². The molecule has 8 heteroatoms. The second-order valence-corrected chi connectivity index (χ2v) is 6.01. The number of amides is 2. The van der Waals surface area contributed by atoms with Gasteiger partial charge in [0.25, 0.3) is 0 Å².